The van der Waals surface area contributed by atoms with Crippen LogP contribution in [-0.2, 0) is 4.79 Å². The molecule has 3 aliphatic carbocycles. The molecule has 4 atom stereocenters. The third-order valence-corrected chi connectivity index (χ3v) is 7.12. The molecular formula is C19H30O. The van der Waals surface area contributed by atoms with E-state index in [0.29, 0.717) is 16.7 Å². The van der Waals surface area contributed by atoms with Crippen molar-refractivity contribution in [3.8, 4) is 0 Å². The first-order chi connectivity index (χ1) is 9.33. The number of fused-ring (bicyclic) bond motifs is 3. The second-order valence-electron chi connectivity index (χ2n) is 8.76. The third-order valence-electron chi connectivity index (χ3n) is 7.12. The summed E-state index contributed by atoms with van der Waals surface area (Å²) in [5, 5.41) is 0. The standard InChI is InChI=1S/C19H30O/c1-17(2)10-6-12-19(4)15-7-5-11-18(3,13-20)14(15)8-9-16(17)19/h7,13-14,16H,5-6,8-12H2,1-4H3/t14-,16-,18?,19-/m0/s1. The average Bonchev–Trinajstić information content (AvgIpc) is 2.39. The van der Waals surface area contributed by atoms with Crippen LogP contribution in [0.5, 0.6) is 0 Å². The smallest absolute Gasteiger partial charge is 0.126 e. The van der Waals surface area contributed by atoms with Gasteiger partial charge in [-0.15, -0.1) is 0 Å². The van der Waals surface area contributed by atoms with Gasteiger partial charge in [-0.3, -0.25) is 0 Å². The normalized spacial score (nSPS) is 46.9. The zero-order valence-electron chi connectivity index (χ0n) is 13.7. The molecule has 0 aromatic carbocycles. The van der Waals surface area contributed by atoms with Crippen LogP contribution < -0.4 is 0 Å². The number of aldehydes is 1. The maximum atomic E-state index is 11.7. The van der Waals surface area contributed by atoms with Crippen molar-refractivity contribution in [1.29, 1.82) is 0 Å². The monoisotopic (exact) mass is 274 g/mol. The summed E-state index contributed by atoms with van der Waals surface area (Å²) in [6.45, 7) is 9.65. The molecule has 0 spiro atoms. The molecule has 3 aliphatic rings. The van der Waals surface area contributed by atoms with E-state index in [0.717, 1.165) is 18.8 Å². The van der Waals surface area contributed by atoms with E-state index in [1.54, 1.807) is 5.57 Å². The number of hydrogen-bond acceptors (Lipinski definition) is 1. The van der Waals surface area contributed by atoms with Crippen LogP contribution in [0.1, 0.15) is 72.6 Å². The maximum Gasteiger partial charge on any atom is 0.126 e. The Labute approximate surface area is 124 Å². The molecule has 0 radical (unpaired) electrons. The lowest BCUT2D eigenvalue weighted by atomic mass is 9.45. The van der Waals surface area contributed by atoms with Crippen molar-refractivity contribution in [3.63, 3.8) is 0 Å². The lowest BCUT2D eigenvalue weighted by Crippen LogP contribution is -2.51. The Hall–Kier alpha value is -0.590. The first kappa shape index (κ1) is 14.4. The summed E-state index contributed by atoms with van der Waals surface area (Å²) in [7, 11) is 0. The van der Waals surface area contributed by atoms with Gasteiger partial charge in [0.05, 0.1) is 0 Å². The Morgan fingerprint density at radius 1 is 1.10 bits per heavy atom. The second-order valence-corrected chi connectivity index (χ2v) is 8.76. The molecule has 0 bridgehead atoms. The summed E-state index contributed by atoms with van der Waals surface area (Å²) in [4.78, 5) is 11.7. The molecule has 2 fully saturated rings. The summed E-state index contributed by atoms with van der Waals surface area (Å²) >= 11 is 0. The highest BCUT2D eigenvalue weighted by atomic mass is 16.1. The van der Waals surface area contributed by atoms with E-state index in [9.17, 15) is 4.79 Å². The molecule has 112 valence electrons. The van der Waals surface area contributed by atoms with Crippen molar-refractivity contribution in [1.82, 2.24) is 0 Å². The van der Waals surface area contributed by atoms with Gasteiger partial charge in [-0.1, -0.05) is 45.8 Å². The van der Waals surface area contributed by atoms with E-state index in [1.165, 1.54) is 38.4 Å². The van der Waals surface area contributed by atoms with Crippen LogP contribution in [0.4, 0.5) is 0 Å². The topological polar surface area (TPSA) is 17.1 Å². The molecule has 0 heterocycles. The van der Waals surface area contributed by atoms with E-state index < -0.39 is 0 Å². The molecule has 0 aromatic rings. The molecule has 0 N–H and O–H groups in total. The predicted molar refractivity (Wildman–Crippen MR) is 83.4 cm³/mol. The van der Waals surface area contributed by atoms with Crippen LogP contribution in [0, 0.1) is 28.1 Å². The zero-order valence-corrected chi connectivity index (χ0v) is 13.7. The summed E-state index contributed by atoms with van der Waals surface area (Å²) in [5.41, 5.74) is 2.38. The van der Waals surface area contributed by atoms with E-state index in [4.69, 9.17) is 0 Å². The van der Waals surface area contributed by atoms with Gasteiger partial charge in [0.25, 0.3) is 0 Å². The maximum absolute atomic E-state index is 11.7. The fourth-order valence-corrected chi connectivity index (χ4v) is 5.98. The van der Waals surface area contributed by atoms with Crippen molar-refractivity contribution in [2.24, 2.45) is 28.1 Å². The summed E-state index contributed by atoms with van der Waals surface area (Å²) in [6.07, 6.45) is 12.5. The number of allylic oxidation sites excluding steroid dienone is 2. The van der Waals surface area contributed by atoms with Gasteiger partial charge >= 0.3 is 0 Å². The second kappa shape index (κ2) is 4.45. The van der Waals surface area contributed by atoms with Gasteiger partial charge in [0.2, 0.25) is 0 Å². The first-order valence-electron chi connectivity index (χ1n) is 8.50. The number of hydrogen-bond donors (Lipinski definition) is 0. The van der Waals surface area contributed by atoms with Gasteiger partial charge in [0.15, 0.2) is 0 Å². The molecule has 1 heteroatoms. The van der Waals surface area contributed by atoms with E-state index in [-0.39, 0.29) is 5.41 Å². The molecule has 2 saturated carbocycles. The Morgan fingerprint density at radius 2 is 1.85 bits per heavy atom. The first-order valence-corrected chi connectivity index (χ1v) is 8.50. The quantitative estimate of drug-likeness (QED) is 0.477. The molecule has 0 aromatic heterocycles. The zero-order chi connectivity index (χ0) is 14.6. The van der Waals surface area contributed by atoms with Gasteiger partial charge < -0.3 is 4.79 Å². The minimum Gasteiger partial charge on any atom is -0.303 e. The molecule has 20 heavy (non-hydrogen) atoms. The van der Waals surface area contributed by atoms with Crippen molar-refractivity contribution in [2.75, 3.05) is 0 Å². The summed E-state index contributed by atoms with van der Waals surface area (Å²) in [6, 6.07) is 0. The lowest BCUT2D eigenvalue weighted by Gasteiger charge is -2.59. The molecule has 0 saturated heterocycles. The van der Waals surface area contributed by atoms with Gasteiger partial charge in [-0.05, 0) is 61.2 Å². The van der Waals surface area contributed by atoms with Gasteiger partial charge in [-0.25, -0.2) is 0 Å². The van der Waals surface area contributed by atoms with Crippen LogP contribution >= 0.6 is 0 Å². The van der Waals surface area contributed by atoms with E-state index >= 15 is 0 Å². The number of carbonyl (C=O) groups is 1. The Morgan fingerprint density at radius 3 is 2.55 bits per heavy atom. The highest BCUT2D eigenvalue weighted by Gasteiger charge is 2.55. The van der Waals surface area contributed by atoms with Gasteiger partial charge in [-0.2, -0.15) is 0 Å². The Balaban J connectivity index is 2.02. The van der Waals surface area contributed by atoms with Crippen molar-refractivity contribution >= 4 is 6.29 Å². The Bertz CT molecular complexity index is 447. The molecular weight excluding hydrogens is 244 g/mol. The fraction of sp³-hybridized carbons (Fsp3) is 0.842. The fourth-order valence-electron chi connectivity index (χ4n) is 5.98. The molecule has 1 unspecified atom stereocenters. The minimum absolute atomic E-state index is 0.0976. The molecule has 3 rings (SSSR count). The van der Waals surface area contributed by atoms with E-state index in [2.05, 4.69) is 33.8 Å². The van der Waals surface area contributed by atoms with Gasteiger partial charge in [0.1, 0.15) is 6.29 Å². The average molecular weight is 274 g/mol. The van der Waals surface area contributed by atoms with Crippen molar-refractivity contribution in [2.45, 2.75) is 72.6 Å². The van der Waals surface area contributed by atoms with Crippen LogP contribution in [0.25, 0.3) is 0 Å². The molecule has 0 amide bonds. The minimum atomic E-state index is -0.0976. The van der Waals surface area contributed by atoms with Crippen LogP contribution in [0.3, 0.4) is 0 Å². The van der Waals surface area contributed by atoms with Gasteiger partial charge in [0, 0.05) is 5.41 Å². The van der Waals surface area contributed by atoms with Crippen LogP contribution in [0.15, 0.2) is 11.6 Å². The number of carbonyl (C=O) groups excluding carboxylic acids is 1. The number of rotatable bonds is 1. The predicted octanol–water partition coefficient (Wildman–Crippen LogP) is 5.15. The summed E-state index contributed by atoms with van der Waals surface area (Å²) < 4.78 is 0. The van der Waals surface area contributed by atoms with E-state index in [1.807, 2.05) is 0 Å². The van der Waals surface area contributed by atoms with Crippen LogP contribution in [0.2, 0.25) is 0 Å². The van der Waals surface area contributed by atoms with Crippen molar-refractivity contribution in [3.05, 3.63) is 11.6 Å². The summed E-state index contributed by atoms with van der Waals surface area (Å²) in [5.74, 6) is 1.32. The Kier molecular flexibility index (Phi) is 3.19. The third kappa shape index (κ3) is 1.84. The molecule has 1 nitrogen and oxygen atoms in total. The van der Waals surface area contributed by atoms with Crippen molar-refractivity contribution < 1.29 is 4.79 Å². The highest BCUT2D eigenvalue weighted by Crippen LogP contribution is 2.64. The largest absolute Gasteiger partial charge is 0.303 e. The molecule has 0 aliphatic heterocycles. The van der Waals surface area contributed by atoms with Crippen LogP contribution in [-0.4, -0.2) is 6.29 Å². The SMILES string of the molecule is CC1(C)CCC[C@@]2(C)C3=CCCC(C)(C=O)[C@H]3CC[C@@H]12. The highest BCUT2D eigenvalue weighted by molar-refractivity contribution is 5.61. The lowest BCUT2D eigenvalue weighted by molar-refractivity contribution is -0.120.